The van der Waals surface area contributed by atoms with E-state index in [-0.39, 0.29) is 19.8 Å². The Morgan fingerprint density at radius 3 is 2.14 bits per heavy atom. The molecule has 1 fully saturated rings. The van der Waals surface area contributed by atoms with Crippen molar-refractivity contribution in [3.63, 3.8) is 0 Å². The zero-order valence-corrected chi connectivity index (χ0v) is 18.2. The van der Waals surface area contributed by atoms with Gasteiger partial charge in [0.2, 0.25) is 0 Å². The molecular formula is C18H27NO8S2. The van der Waals surface area contributed by atoms with E-state index in [1.54, 1.807) is 4.90 Å². The second-order valence-corrected chi connectivity index (χ2v) is 10.6. The first-order chi connectivity index (χ1) is 13.5. The first kappa shape index (κ1) is 23.6. The summed E-state index contributed by atoms with van der Waals surface area (Å²) in [5, 5.41) is 0. The van der Waals surface area contributed by atoms with Crippen molar-refractivity contribution in [3.8, 4) is 0 Å². The van der Waals surface area contributed by atoms with Crippen molar-refractivity contribution < 1.29 is 34.7 Å². The molecule has 1 heterocycles. The summed E-state index contributed by atoms with van der Waals surface area (Å²) >= 11 is 0. The lowest BCUT2D eigenvalue weighted by molar-refractivity contribution is 0.0288. The fraction of sp³-hybridized carbons (Fsp3) is 0.611. The van der Waals surface area contributed by atoms with Crippen LogP contribution in [0.5, 0.6) is 0 Å². The molecular weight excluding hydrogens is 422 g/mol. The van der Waals surface area contributed by atoms with E-state index in [1.807, 2.05) is 30.3 Å². The van der Waals surface area contributed by atoms with Crippen molar-refractivity contribution in [2.24, 2.45) is 5.41 Å². The molecule has 2 rings (SSSR count). The van der Waals surface area contributed by atoms with Gasteiger partial charge in [0.1, 0.15) is 6.61 Å². The fourth-order valence-corrected chi connectivity index (χ4v) is 3.93. The summed E-state index contributed by atoms with van der Waals surface area (Å²) in [7, 11) is -7.25. The van der Waals surface area contributed by atoms with Gasteiger partial charge in [-0.15, -0.1) is 0 Å². The predicted octanol–water partition coefficient (Wildman–Crippen LogP) is 1.75. The van der Waals surface area contributed by atoms with Crippen LogP contribution in [0.2, 0.25) is 0 Å². The topological polar surface area (TPSA) is 116 Å². The van der Waals surface area contributed by atoms with Crippen molar-refractivity contribution in [1.29, 1.82) is 0 Å². The SMILES string of the molecule is CS(=O)(=O)OCCC1(COS(C)(=O)=O)CCN(C(=O)OCc2ccccc2)CC1. The van der Waals surface area contributed by atoms with E-state index in [0.29, 0.717) is 32.4 Å². The standard InChI is InChI=1S/C18H27NO8S2/c1-28(21,22)26-13-10-18(15-27-29(2,23)24)8-11-19(12-9-18)17(20)25-14-16-6-4-3-5-7-16/h3-7H,8-15H2,1-2H3. The minimum Gasteiger partial charge on any atom is -0.445 e. The molecule has 164 valence electrons. The highest BCUT2D eigenvalue weighted by Crippen LogP contribution is 2.36. The molecule has 0 atom stereocenters. The molecule has 0 bridgehead atoms. The fourth-order valence-electron chi connectivity index (χ4n) is 3.08. The molecule has 0 saturated carbocycles. The average Bonchev–Trinajstić information content (AvgIpc) is 2.64. The molecule has 0 N–H and O–H groups in total. The average molecular weight is 450 g/mol. The molecule has 0 unspecified atom stereocenters. The number of rotatable bonds is 9. The Hall–Kier alpha value is -1.69. The van der Waals surface area contributed by atoms with Crippen molar-refractivity contribution in [2.45, 2.75) is 25.9 Å². The van der Waals surface area contributed by atoms with Crippen LogP contribution in [-0.4, -0.2) is 66.6 Å². The summed E-state index contributed by atoms with van der Waals surface area (Å²) in [5.41, 5.74) is 0.274. The van der Waals surface area contributed by atoms with Crippen molar-refractivity contribution in [3.05, 3.63) is 35.9 Å². The molecule has 1 aromatic rings. The van der Waals surface area contributed by atoms with Crippen LogP contribution in [-0.2, 0) is 39.9 Å². The van der Waals surface area contributed by atoms with E-state index in [2.05, 4.69) is 0 Å². The van der Waals surface area contributed by atoms with Gasteiger partial charge in [-0.1, -0.05) is 30.3 Å². The van der Waals surface area contributed by atoms with Gasteiger partial charge in [-0.2, -0.15) is 16.8 Å². The number of hydrogen-bond donors (Lipinski definition) is 0. The van der Waals surface area contributed by atoms with Gasteiger partial charge in [0.05, 0.1) is 25.7 Å². The van der Waals surface area contributed by atoms with Crippen LogP contribution in [0.3, 0.4) is 0 Å². The number of amides is 1. The summed E-state index contributed by atoms with van der Waals surface area (Å²) < 4.78 is 60.4. The molecule has 11 heteroatoms. The lowest BCUT2D eigenvalue weighted by Gasteiger charge is -2.40. The van der Waals surface area contributed by atoms with Gasteiger partial charge in [-0.3, -0.25) is 8.37 Å². The number of likely N-dealkylation sites (tertiary alicyclic amines) is 1. The lowest BCUT2D eigenvalue weighted by atomic mass is 9.76. The maximum atomic E-state index is 12.3. The van der Waals surface area contributed by atoms with Crippen molar-refractivity contribution in [2.75, 3.05) is 38.8 Å². The molecule has 1 aromatic carbocycles. The monoisotopic (exact) mass is 449 g/mol. The number of nitrogens with zero attached hydrogens (tertiary/aromatic N) is 1. The Kier molecular flexibility index (Phi) is 8.03. The molecule has 0 spiro atoms. The molecule has 9 nitrogen and oxygen atoms in total. The van der Waals surface area contributed by atoms with Crippen molar-refractivity contribution in [1.82, 2.24) is 4.90 Å². The molecule has 1 aliphatic heterocycles. The van der Waals surface area contributed by atoms with Gasteiger partial charge in [0, 0.05) is 18.5 Å². The number of carbonyl (C=O) groups excluding carboxylic acids is 1. The van der Waals surface area contributed by atoms with Crippen LogP contribution < -0.4 is 0 Å². The van der Waals surface area contributed by atoms with Crippen LogP contribution in [0.1, 0.15) is 24.8 Å². The molecule has 29 heavy (non-hydrogen) atoms. The highest BCUT2D eigenvalue weighted by Gasteiger charge is 2.37. The number of hydrogen-bond acceptors (Lipinski definition) is 8. The third-order valence-corrected chi connectivity index (χ3v) is 5.94. The summed E-state index contributed by atoms with van der Waals surface area (Å²) in [5.74, 6) is 0. The van der Waals surface area contributed by atoms with Gasteiger partial charge < -0.3 is 9.64 Å². The van der Waals surface area contributed by atoms with E-state index >= 15 is 0 Å². The van der Waals surface area contributed by atoms with Crippen LogP contribution >= 0.6 is 0 Å². The molecule has 0 aliphatic carbocycles. The highest BCUT2D eigenvalue weighted by molar-refractivity contribution is 7.86. The molecule has 1 aliphatic rings. The van der Waals surface area contributed by atoms with E-state index < -0.39 is 31.7 Å². The van der Waals surface area contributed by atoms with Crippen LogP contribution in [0.25, 0.3) is 0 Å². The molecule has 1 saturated heterocycles. The minimum absolute atomic E-state index is 0.0790. The third-order valence-electron chi connectivity index (χ3n) is 4.80. The van der Waals surface area contributed by atoms with Crippen molar-refractivity contribution >= 4 is 26.3 Å². The van der Waals surface area contributed by atoms with E-state index in [9.17, 15) is 21.6 Å². The van der Waals surface area contributed by atoms with Gasteiger partial charge in [0.25, 0.3) is 20.2 Å². The normalized spacial score (nSPS) is 17.1. The first-order valence-corrected chi connectivity index (χ1v) is 12.8. The number of ether oxygens (including phenoxy) is 1. The van der Waals surface area contributed by atoms with E-state index in [4.69, 9.17) is 13.1 Å². The summed E-state index contributed by atoms with van der Waals surface area (Å²) in [6.07, 6.45) is 2.65. The number of piperidine rings is 1. The summed E-state index contributed by atoms with van der Waals surface area (Å²) in [4.78, 5) is 13.9. The summed E-state index contributed by atoms with van der Waals surface area (Å²) in [6, 6.07) is 9.32. The number of benzene rings is 1. The van der Waals surface area contributed by atoms with Gasteiger partial charge >= 0.3 is 6.09 Å². The second-order valence-electron chi connectivity index (χ2n) is 7.27. The van der Waals surface area contributed by atoms with Gasteiger partial charge in [0.15, 0.2) is 0 Å². The maximum absolute atomic E-state index is 12.3. The molecule has 1 amide bonds. The molecule has 0 radical (unpaired) electrons. The molecule has 0 aromatic heterocycles. The predicted molar refractivity (Wildman–Crippen MR) is 106 cm³/mol. The Morgan fingerprint density at radius 1 is 1.00 bits per heavy atom. The zero-order chi connectivity index (χ0) is 21.5. The lowest BCUT2D eigenvalue weighted by Crippen LogP contribution is -2.46. The highest BCUT2D eigenvalue weighted by atomic mass is 32.2. The Bertz CT molecular complexity index is 876. The maximum Gasteiger partial charge on any atom is 0.410 e. The zero-order valence-electron chi connectivity index (χ0n) is 16.6. The summed E-state index contributed by atoms with van der Waals surface area (Å²) in [6.45, 7) is 0.691. The Labute approximate surface area is 172 Å². The van der Waals surface area contributed by atoms with E-state index in [0.717, 1.165) is 18.1 Å². The minimum atomic E-state index is -3.65. The van der Waals surface area contributed by atoms with Gasteiger partial charge in [-0.05, 0) is 24.8 Å². The van der Waals surface area contributed by atoms with Crippen LogP contribution in [0, 0.1) is 5.41 Å². The number of carbonyl (C=O) groups is 1. The van der Waals surface area contributed by atoms with Crippen LogP contribution in [0.15, 0.2) is 30.3 Å². The van der Waals surface area contributed by atoms with E-state index in [1.165, 1.54) is 0 Å². The Morgan fingerprint density at radius 2 is 1.59 bits per heavy atom. The smallest absolute Gasteiger partial charge is 0.410 e. The van der Waals surface area contributed by atoms with Gasteiger partial charge in [-0.25, -0.2) is 4.79 Å². The second kappa shape index (κ2) is 9.88. The van der Waals surface area contributed by atoms with Crippen LogP contribution in [0.4, 0.5) is 4.79 Å². The quantitative estimate of drug-likeness (QED) is 0.524. The first-order valence-electron chi connectivity index (χ1n) is 9.13. The Balaban J connectivity index is 1.92. The largest absolute Gasteiger partial charge is 0.445 e. The third kappa shape index (κ3) is 8.69.